The van der Waals surface area contributed by atoms with Crippen LogP contribution in [0.15, 0.2) is 42.9 Å². The SMILES string of the molecule is CCCN(Cc1ccncc1)Cc1ncccc1C(=O)O. The Morgan fingerprint density at radius 2 is 1.95 bits per heavy atom. The van der Waals surface area contributed by atoms with Gasteiger partial charge in [0, 0.05) is 31.7 Å². The van der Waals surface area contributed by atoms with Crippen LogP contribution in [0, 0.1) is 0 Å². The van der Waals surface area contributed by atoms with E-state index in [1.54, 1.807) is 30.7 Å². The van der Waals surface area contributed by atoms with Crippen LogP contribution in [0.3, 0.4) is 0 Å². The topological polar surface area (TPSA) is 66.3 Å². The molecule has 0 amide bonds. The fourth-order valence-electron chi connectivity index (χ4n) is 2.25. The van der Waals surface area contributed by atoms with E-state index in [-0.39, 0.29) is 5.56 Å². The van der Waals surface area contributed by atoms with Gasteiger partial charge in [-0.25, -0.2) is 4.79 Å². The summed E-state index contributed by atoms with van der Waals surface area (Å²) in [6.07, 6.45) is 6.17. The third kappa shape index (κ3) is 4.36. The van der Waals surface area contributed by atoms with E-state index in [9.17, 15) is 9.90 Å². The van der Waals surface area contributed by atoms with Gasteiger partial charge in [-0.2, -0.15) is 0 Å². The molecule has 0 aliphatic heterocycles. The molecule has 2 aromatic heterocycles. The maximum absolute atomic E-state index is 11.3. The smallest absolute Gasteiger partial charge is 0.337 e. The molecule has 2 aromatic rings. The molecule has 1 N–H and O–H groups in total. The number of carboxylic acids is 1. The average molecular weight is 285 g/mol. The summed E-state index contributed by atoms with van der Waals surface area (Å²) in [7, 11) is 0. The summed E-state index contributed by atoms with van der Waals surface area (Å²) in [5.74, 6) is -0.932. The second-order valence-electron chi connectivity index (χ2n) is 4.87. The molecule has 0 bridgehead atoms. The van der Waals surface area contributed by atoms with Crippen LogP contribution in [0.25, 0.3) is 0 Å². The highest BCUT2D eigenvalue weighted by molar-refractivity contribution is 5.88. The van der Waals surface area contributed by atoms with Crippen LogP contribution < -0.4 is 0 Å². The summed E-state index contributed by atoms with van der Waals surface area (Å²) in [5, 5.41) is 9.23. The molecule has 0 aliphatic rings. The summed E-state index contributed by atoms with van der Waals surface area (Å²) in [6, 6.07) is 7.19. The molecule has 110 valence electrons. The Balaban J connectivity index is 2.15. The minimum absolute atomic E-state index is 0.272. The predicted octanol–water partition coefficient (Wildman–Crippen LogP) is 2.59. The highest BCUT2D eigenvalue weighted by Crippen LogP contribution is 2.12. The molecule has 2 rings (SSSR count). The van der Waals surface area contributed by atoms with Gasteiger partial charge in [-0.1, -0.05) is 6.92 Å². The van der Waals surface area contributed by atoms with E-state index in [0.29, 0.717) is 12.2 Å². The maximum Gasteiger partial charge on any atom is 0.337 e. The monoisotopic (exact) mass is 285 g/mol. The molecule has 0 radical (unpaired) electrons. The number of nitrogens with zero attached hydrogens (tertiary/aromatic N) is 3. The average Bonchev–Trinajstić information content (AvgIpc) is 2.49. The minimum atomic E-state index is -0.932. The molecule has 0 saturated heterocycles. The van der Waals surface area contributed by atoms with Crippen molar-refractivity contribution in [3.63, 3.8) is 0 Å². The molecule has 5 heteroatoms. The molecule has 0 aliphatic carbocycles. The van der Waals surface area contributed by atoms with Crippen LogP contribution in [-0.4, -0.2) is 32.5 Å². The quantitative estimate of drug-likeness (QED) is 0.847. The van der Waals surface area contributed by atoms with Gasteiger partial charge in [-0.15, -0.1) is 0 Å². The van der Waals surface area contributed by atoms with Crippen molar-refractivity contribution in [3.05, 3.63) is 59.7 Å². The molecule has 21 heavy (non-hydrogen) atoms. The second-order valence-corrected chi connectivity index (χ2v) is 4.87. The zero-order chi connectivity index (χ0) is 15.1. The molecule has 0 saturated carbocycles. The summed E-state index contributed by atoms with van der Waals surface area (Å²) in [6.45, 7) is 4.28. The molecule has 0 aromatic carbocycles. The fraction of sp³-hybridized carbons (Fsp3) is 0.312. The van der Waals surface area contributed by atoms with Crippen molar-refractivity contribution >= 4 is 5.97 Å². The summed E-state index contributed by atoms with van der Waals surface area (Å²) >= 11 is 0. The molecular formula is C16H19N3O2. The number of hydrogen-bond acceptors (Lipinski definition) is 4. The van der Waals surface area contributed by atoms with Crippen LogP contribution >= 0.6 is 0 Å². The minimum Gasteiger partial charge on any atom is -0.478 e. The first-order chi connectivity index (χ1) is 10.2. The number of carbonyl (C=O) groups is 1. The number of aromatic nitrogens is 2. The zero-order valence-corrected chi connectivity index (χ0v) is 12.1. The molecule has 0 atom stereocenters. The van der Waals surface area contributed by atoms with Gasteiger partial charge in [0.1, 0.15) is 0 Å². The largest absolute Gasteiger partial charge is 0.478 e. The number of rotatable bonds is 7. The molecule has 0 fully saturated rings. The zero-order valence-electron chi connectivity index (χ0n) is 12.1. The first-order valence-electron chi connectivity index (χ1n) is 6.99. The van der Waals surface area contributed by atoms with Crippen molar-refractivity contribution in [1.82, 2.24) is 14.9 Å². The Morgan fingerprint density at radius 3 is 2.62 bits per heavy atom. The van der Waals surface area contributed by atoms with Gasteiger partial charge in [-0.3, -0.25) is 14.9 Å². The lowest BCUT2D eigenvalue weighted by atomic mass is 10.1. The van der Waals surface area contributed by atoms with E-state index in [1.165, 1.54) is 0 Å². The third-order valence-corrected chi connectivity index (χ3v) is 3.19. The third-order valence-electron chi connectivity index (χ3n) is 3.19. The predicted molar refractivity (Wildman–Crippen MR) is 79.8 cm³/mol. The van der Waals surface area contributed by atoms with Crippen LogP contribution in [0.4, 0.5) is 0 Å². The first-order valence-corrected chi connectivity index (χ1v) is 6.99. The van der Waals surface area contributed by atoms with E-state index in [1.807, 2.05) is 12.1 Å². The van der Waals surface area contributed by atoms with E-state index in [0.717, 1.165) is 25.1 Å². The summed E-state index contributed by atoms with van der Waals surface area (Å²) in [4.78, 5) is 21.7. The maximum atomic E-state index is 11.3. The lowest BCUT2D eigenvalue weighted by Gasteiger charge is -2.22. The van der Waals surface area contributed by atoms with Gasteiger partial charge in [0.2, 0.25) is 0 Å². The van der Waals surface area contributed by atoms with Gasteiger partial charge in [0.15, 0.2) is 0 Å². The Labute approximate surface area is 124 Å². The van der Waals surface area contributed by atoms with Crippen molar-refractivity contribution in [2.24, 2.45) is 0 Å². The number of aromatic carboxylic acids is 1. The Kier molecular flexibility index (Phi) is 5.40. The number of carboxylic acid groups (broad SMARTS) is 1. The highest BCUT2D eigenvalue weighted by Gasteiger charge is 2.14. The van der Waals surface area contributed by atoms with Gasteiger partial charge in [-0.05, 0) is 42.8 Å². The van der Waals surface area contributed by atoms with Crippen LogP contribution in [0.2, 0.25) is 0 Å². The lowest BCUT2D eigenvalue weighted by Crippen LogP contribution is -2.25. The van der Waals surface area contributed by atoms with E-state index in [4.69, 9.17) is 0 Å². The molecule has 2 heterocycles. The van der Waals surface area contributed by atoms with Crippen molar-refractivity contribution in [3.8, 4) is 0 Å². The van der Waals surface area contributed by atoms with Gasteiger partial charge < -0.3 is 5.11 Å². The molecule has 0 spiro atoms. The Hall–Kier alpha value is -2.27. The van der Waals surface area contributed by atoms with Gasteiger partial charge in [0.05, 0.1) is 11.3 Å². The first kappa shape index (κ1) is 15.1. The molecule has 5 nitrogen and oxygen atoms in total. The van der Waals surface area contributed by atoms with Crippen molar-refractivity contribution in [2.75, 3.05) is 6.54 Å². The van der Waals surface area contributed by atoms with Gasteiger partial charge in [0.25, 0.3) is 0 Å². The summed E-state index contributed by atoms with van der Waals surface area (Å²) in [5.41, 5.74) is 2.03. The second kappa shape index (κ2) is 7.50. The fourth-order valence-corrected chi connectivity index (χ4v) is 2.25. The van der Waals surface area contributed by atoms with E-state index < -0.39 is 5.97 Å². The van der Waals surface area contributed by atoms with Crippen LogP contribution in [0.1, 0.15) is 35.0 Å². The highest BCUT2D eigenvalue weighted by atomic mass is 16.4. The molecule has 0 unspecified atom stereocenters. The van der Waals surface area contributed by atoms with E-state index >= 15 is 0 Å². The summed E-state index contributed by atoms with van der Waals surface area (Å²) < 4.78 is 0. The standard InChI is InChI=1S/C16H19N3O2/c1-2-10-19(11-13-5-8-17-9-6-13)12-15-14(16(20)21)4-3-7-18-15/h3-9H,2,10-12H2,1H3,(H,20,21). The molecular weight excluding hydrogens is 266 g/mol. The van der Waals surface area contributed by atoms with Crippen molar-refractivity contribution in [2.45, 2.75) is 26.4 Å². The Bertz CT molecular complexity index is 587. The normalized spacial score (nSPS) is 10.8. The number of hydrogen-bond donors (Lipinski definition) is 1. The van der Waals surface area contributed by atoms with Gasteiger partial charge >= 0.3 is 5.97 Å². The Morgan fingerprint density at radius 1 is 1.19 bits per heavy atom. The van der Waals surface area contributed by atoms with Crippen LogP contribution in [0.5, 0.6) is 0 Å². The van der Waals surface area contributed by atoms with Crippen molar-refractivity contribution in [1.29, 1.82) is 0 Å². The van der Waals surface area contributed by atoms with Crippen LogP contribution in [-0.2, 0) is 13.1 Å². The lowest BCUT2D eigenvalue weighted by molar-refractivity contribution is 0.0693. The van der Waals surface area contributed by atoms with Crippen molar-refractivity contribution < 1.29 is 9.90 Å². The van der Waals surface area contributed by atoms with E-state index in [2.05, 4.69) is 21.8 Å². The number of pyridine rings is 2.